The van der Waals surface area contributed by atoms with Gasteiger partial charge in [0.25, 0.3) is 0 Å². The number of phosphoric acid groups is 1. The molecule has 0 aliphatic heterocycles. The molecule has 0 fully saturated rings. The Morgan fingerprint density at radius 1 is 0.600 bits per heavy atom. The highest BCUT2D eigenvalue weighted by Gasteiger charge is 2.24. The average Bonchev–Trinajstić information content (AvgIpc) is 2.59. The van der Waals surface area contributed by atoms with E-state index in [1.54, 1.807) is 60.7 Å². The molecule has 0 saturated heterocycles. The molecular weight excluding hydrogens is 343 g/mol. The first-order valence-electron chi connectivity index (χ1n) is 7.25. The minimum Gasteiger partial charge on any atom is -0.508 e. The summed E-state index contributed by atoms with van der Waals surface area (Å²) in [4.78, 5) is 9.53. The second kappa shape index (κ2) is 8.78. The minimum absolute atomic E-state index is 0.169. The van der Waals surface area contributed by atoms with Gasteiger partial charge in [0.05, 0.1) is 0 Å². The Morgan fingerprint density at radius 2 is 0.920 bits per heavy atom. The third-order valence-corrected chi connectivity index (χ3v) is 3.66. The zero-order chi connectivity index (χ0) is 18.1. The van der Waals surface area contributed by atoms with Crippen molar-refractivity contribution in [3.8, 4) is 23.0 Å². The first-order valence-corrected chi connectivity index (χ1v) is 8.74. The maximum Gasteiger partial charge on any atom is 0.584 e. The van der Waals surface area contributed by atoms with Gasteiger partial charge in [0.15, 0.2) is 0 Å². The summed E-state index contributed by atoms with van der Waals surface area (Å²) in [5, 5.41) is 17.3. The summed E-state index contributed by atoms with van der Waals surface area (Å²) in [5.74, 6) is 0.911. The summed E-state index contributed by atoms with van der Waals surface area (Å²) in [5.41, 5.74) is 0. The van der Waals surface area contributed by atoms with Crippen molar-refractivity contribution < 1.29 is 28.7 Å². The molecule has 0 aliphatic carbocycles. The van der Waals surface area contributed by atoms with Crippen molar-refractivity contribution in [3.63, 3.8) is 0 Å². The number of aromatic hydroxyl groups is 2. The van der Waals surface area contributed by atoms with E-state index in [1.807, 2.05) is 0 Å². The summed E-state index contributed by atoms with van der Waals surface area (Å²) in [6.45, 7) is 0. The van der Waals surface area contributed by atoms with Gasteiger partial charge in [0.2, 0.25) is 0 Å². The van der Waals surface area contributed by atoms with Crippen molar-refractivity contribution in [3.05, 3.63) is 84.9 Å². The van der Waals surface area contributed by atoms with Gasteiger partial charge in [-0.3, -0.25) is 4.89 Å². The van der Waals surface area contributed by atoms with Gasteiger partial charge >= 0.3 is 7.82 Å². The molecule has 0 unspecified atom stereocenters. The van der Waals surface area contributed by atoms with Crippen LogP contribution in [0, 0.1) is 0 Å². The van der Waals surface area contributed by atoms with Gasteiger partial charge in [-0.15, -0.1) is 0 Å². The largest absolute Gasteiger partial charge is 0.584 e. The lowest BCUT2D eigenvalue weighted by atomic mass is 10.3. The van der Waals surface area contributed by atoms with Crippen LogP contribution in [0.3, 0.4) is 0 Å². The van der Waals surface area contributed by atoms with Crippen molar-refractivity contribution in [1.82, 2.24) is 0 Å². The molecule has 3 N–H and O–H groups in total. The molecule has 25 heavy (non-hydrogen) atoms. The Kier molecular flexibility index (Phi) is 6.46. The first-order chi connectivity index (χ1) is 11.9. The standard InChI is InChI=1S/C12H11O4P.C6H6O2/c13-17(14,15-11-7-3-1-4-8-11)16-12-9-5-2-6-10-12;7-5-1-2-6(8)4-3-5/h1-10H,(H,13,14);1-4,7-8H. The third-order valence-electron chi connectivity index (χ3n) is 2.78. The van der Waals surface area contributed by atoms with E-state index in [-0.39, 0.29) is 23.0 Å². The van der Waals surface area contributed by atoms with Crippen LogP contribution in [0.15, 0.2) is 84.9 Å². The Labute approximate surface area is 145 Å². The molecule has 0 atom stereocenters. The lowest BCUT2D eigenvalue weighted by Gasteiger charge is -2.13. The summed E-state index contributed by atoms with van der Waals surface area (Å²) < 4.78 is 21.5. The number of hydrogen-bond acceptors (Lipinski definition) is 5. The van der Waals surface area contributed by atoms with E-state index in [0.29, 0.717) is 0 Å². The molecule has 0 spiro atoms. The van der Waals surface area contributed by atoms with Crippen LogP contribution in [0.1, 0.15) is 0 Å². The molecular formula is C18H17O6P. The third kappa shape index (κ3) is 6.99. The molecule has 0 heterocycles. The molecule has 130 valence electrons. The molecule has 3 rings (SSSR count). The van der Waals surface area contributed by atoms with Crippen molar-refractivity contribution in [1.29, 1.82) is 0 Å². The highest BCUT2D eigenvalue weighted by atomic mass is 31.2. The van der Waals surface area contributed by atoms with Crippen molar-refractivity contribution >= 4 is 7.82 Å². The Morgan fingerprint density at radius 3 is 1.24 bits per heavy atom. The molecule has 0 aromatic heterocycles. The molecule has 0 aliphatic rings. The fraction of sp³-hybridized carbons (Fsp3) is 0. The highest BCUT2D eigenvalue weighted by Crippen LogP contribution is 2.44. The zero-order valence-electron chi connectivity index (χ0n) is 13.1. The number of rotatable bonds is 4. The maximum atomic E-state index is 11.7. The van der Waals surface area contributed by atoms with Crippen LogP contribution < -0.4 is 9.05 Å². The van der Waals surface area contributed by atoms with E-state index in [1.165, 1.54) is 24.3 Å². The number of phenols is 2. The minimum atomic E-state index is -4.14. The number of phosphoric ester groups is 1. The Balaban J connectivity index is 0.000000236. The van der Waals surface area contributed by atoms with Crippen molar-refractivity contribution in [2.75, 3.05) is 0 Å². The summed E-state index contributed by atoms with van der Waals surface area (Å²) in [6.07, 6.45) is 0. The predicted octanol–water partition coefficient (Wildman–Crippen LogP) is 4.34. The van der Waals surface area contributed by atoms with Gasteiger partial charge in [-0.05, 0) is 48.5 Å². The fourth-order valence-electron chi connectivity index (χ4n) is 1.70. The van der Waals surface area contributed by atoms with Crippen LogP contribution in [0.4, 0.5) is 0 Å². The SMILES string of the molecule is O=P(O)(Oc1ccccc1)Oc1ccccc1.Oc1ccc(O)cc1. The molecule has 3 aromatic rings. The average molecular weight is 360 g/mol. The second-order valence-corrected chi connectivity index (χ2v) is 6.10. The van der Waals surface area contributed by atoms with E-state index >= 15 is 0 Å². The predicted molar refractivity (Wildman–Crippen MR) is 93.7 cm³/mol. The lowest BCUT2D eigenvalue weighted by molar-refractivity contribution is 0.291. The van der Waals surface area contributed by atoms with Gasteiger partial charge in [0.1, 0.15) is 23.0 Å². The normalized spacial score (nSPS) is 10.3. The molecule has 0 radical (unpaired) electrons. The monoisotopic (exact) mass is 360 g/mol. The fourth-order valence-corrected chi connectivity index (χ4v) is 2.51. The molecule has 6 nitrogen and oxygen atoms in total. The smallest absolute Gasteiger partial charge is 0.508 e. The Bertz CT molecular complexity index is 739. The van der Waals surface area contributed by atoms with Gasteiger partial charge in [-0.25, -0.2) is 4.57 Å². The Hall–Kier alpha value is -2.95. The van der Waals surface area contributed by atoms with Crippen LogP contribution in [0.5, 0.6) is 23.0 Å². The first kappa shape index (κ1) is 18.4. The molecule has 3 aromatic carbocycles. The van der Waals surface area contributed by atoms with E-state index in [2.05, 4.69) is 0 Å². The summed E-state index contributed by atoms with van der Waals surface area (Å²) in [7, 11) is -4.14. The molecule has 0 saturated carbocycles. The van der Waals surface area contributed by atoms with Crippen LogP contribution >= 0.6 is 7.82 Å². The van der Waals surface area contributed by atoms with Gasteiger partial charge in [-0.2, -0.15) is 0 Å². The van der Waals surface area contributed by atoms with Crippen molar-refractivity contribution in [2.24, 2.45) is 0 Å². The quantitative estimate of drug-likeness (QED) is 0.473. The zero-order valence-corrected chi connectivity index (χ0v) is 14.0. The second-order valence-electron chi connectivity index (χ2n) is 4.79. The van der Waals surface area contributed by atoms with Crippen molar-refractivity contribution in [2.45, 2.75) is 0 Å². The summed E-state index contributed by atoms with van der Waals surface area (Å²) in [6, 6.07) is 22.4. The van der Waals surface area contributed by atoms with Gasteiger partial charge in [0, 0.05) is 0 Å². The van der Waals surface area contributed by atoms with Crippen LogP contribution in [-0.4, -0.2) is 15.1 Å². The molecule has 0 bridgehead atoms. The van der Waals surface area contributed by atoms with Crippen LogP contribution in [0.25, 0.3) is 0 Å². The van der Waals surface area contributed by atoms with Gasteiger partial charge < -0.3 is 19.3 Å². The molecule has 0 amide bonds. The molecule has 7 heteroatoms. The topological polar surface area (TPSA) is 96.2 Å². The van der Waals surface area contributed by atoms with E-state index in [0.717, 1.165) is 0 Å². The summed E-state index contributed by atoms with van der Waals surface area (Å²) >= 11 is 0. The highest BCUT2D eigenvalue weighted by molar-refractivity contribution is 7.48. The van der Waals surface area contributed by atoms with Crippen LogP contribution in [-0.2, 0) is 4.57 Å². The number of phenolic OH excluding ortho intramolecular Hbond substituents is 2. The lowest BCUT2D eigenvalue weighted by Crippen LogP contribution is -1.99. The van der Waals surface area contributed by atoms with Crippen LogP contribution in [0.2, 0.25) is 0 Å². The number of benzene rings is 3. The number of hydrogen-bond donors (Lipinski definition) is 3. The number of para-hydroxylation sites is 2. The van der Waals surface area contributed by atoms with E-state index < -0.39 is 7.82 Å². The maximum absolute atomic E-state index is 11.7. The van der Waals surface area contributed by atoms with E-state index in [9.17, 15) is 9.46 Å². The van der Waals surface area contributed by atoms with Gasteiger partial charge in [-0.1, -0.05) is 36.4 Å². The van der Waals surface area contributed by atoms with E-state index in [4.69, 9.17) is 19.3 Å².